The maximum Gasteiger partial charge on any atom is 0.239 e. The second kappa shape index (κ2) is 9.89. The molecule has 22 heavy (non-hydrogen) atoms. The summed E-state index contributed by atoms with van der Waals surface area (Å²) in [5, 5.41) is 2.75. The Balaban J connectivity index is 2.39. The SMILES string of the molecule is COCCCNC(=O)CN(CCc1ccc(F)cc1)C(C)=O. The lowest BCUT2D eigenvalue weighted by atomic mass is 10.1. The molecule has 0 heterocycles. The lowest BCUT2D eigenvalue weighted by molar-refractivity contribution is -0.134. The topological polar surface area (TPSA) is 58.6 Å². The number of hydrogen-bond donors (Lipinski definition) is 1. The molecule has 0 aliphatic rings. The molecule has 1 N–H and O–H groups in total. The highest BCUT2D eigenvalue weighted by Gasteiger charge is 2.13. The Morgan fingerprint density at radius 3 is 2.55 bits per heavy atom. The highest BCUT2D eigenvalue weighted by atomic mass is 19.1. The van der Waals surface area contributed by atoms with Crippen LogP contribution in [0, 0.1) is 5.82 Å². The van der Waals surface area contributed by atoms with E-state index in [0.717, 1.165) is 12.0 Å². The lowest BCUT2D eigenvalue weighted by Crippen LogP contribution is -2.41. The number of nitrogens with one attached hydrogen (secondary N) is 1. The van der Waals surface area contributed by atoms with Crippen LogP contribution >= 0.6 is 0 Å². The first kappa shape index (κ1) is 18.1. The molecule has 0 radical (unpaired) electrons. The second-order valence-corrected chi connectivity index (χ2v) is 5.01. The predicted molar refractivity (Wildman–Crippen MR) is 81.9 cm³/mol. The third kappa shape index (κ3) is 7.17. The Morgan fingerprint density at radius 1 is 1.27 bits per heavy atom. The van der Waals surface area contributed by atoms with Gasteiger partial charge < -0.3 is 15.0 Å². The van der Waals surface area contributed by atoms with Crippen molar-refractivity contribution in [3.05, 3.63) is 35.6 Å². The van der Waals surface area contributed by atoms with Crippen LogP contribution in [0.4, 0.5) is 4.39 Å². The molecule has 0 aliphatic heterocycles. The first-order valence-electron chi connectivity index (χ1n) is 7.28. The minimum Gasteiger partial charge on any atom is -0.385 e. The predicted octanol–water partition coefficient (Wildman–Crippen LogP) is 1.37. The van der Waals surface area contributed by atoms with Crippen LogP contribution in [-0.4, -0.2) is 50.1 Å². The summed E-state index contributed by atoms with van der Waals surface area (Å²) in [5.41, 5.74) is 0.924. The van der Waals surface area contributed by atoms with Crippen LogP contribution in [0.15, 0.2) is 24.3 Å². The smallest absolute Gasteiger partial charge is 0.239 e. The highest BCUT2D eigenvalue weighted by Crippen LogP contribution is 2.05. The van der Waals surface area contributed by atoms with Gasteiger partial charge in [0.15, 0.2) is 0 Å². The van der Waals surface area contributed by atoms with E-state index in [4.69, 9.17) is 4.74 Å². The zero-order valence-corrected chi connectivity index (χ0v) is 13.1. The van der Waals surface area contributed by atoms with Crippen molar-refractivity contribution in [3.8, 4) is 0 Å². The summed E-state index contributed by atoms with van der Waals surface area (Å²) in [5.74, 6) is -0.637. The van der Waals surface area contributed by atoms with Gasteiger partial charge in [0.1, 0.15) is 5.82 Å². The second-order valence-electron chi connectivity index (χ2n) is 5.01. The van der Waals surface area contributed by atoms with Gasteiger partial charge in [0, 0.05) is 33.7 Å². The minimum absolute atomic E-state index is 0.0313. The van der Waals surface area contributed by atoms with Crippen LogP contribution in [0.25, 0.3) is 0 Å². The molecule has 1 aromatic carbocycles. The Morgan fingerprint density at radius 2 is 1.95 bits per heavy atom. The fourth-order valence-electron chi connectivity index (χ4n) is 1.94. The quantitative estimate of drug-likeness (QED) is 0.701. The van der Waals surface area contributed by atoms with Gasteiger partial charge in [-0.3, -0.25) is 9.59 Å². The normalized spacial score (nSPS) is 10.3. The number of carbonyl (C=O) groups is 2. The number of rotatable bonds is 9. The molecule has 0 bridgehead atoms. The molecule has 0 aromatic heterocycles. The molecule has 0 fully saturated rings. The molecule has 122 valence electrons. The van der Waals surface area contributed by atoms with Crippen LogP contribution in [0.2, 0.25) is 0 Å². The van der Waals surface area contributed by atoms with Crippen molar-refractivity contribution in [2.24, 2.45) is 0 Å². The maximum atomic E-state index is 12.8. The van der Waals surface area contributed by atoms with Crippen molar-refractivity contribution < 1.29 is 18.7 Å². The molecule has 0 atom stereocenters. The van der Waals surface area contributed by atoms with E-state index in [1.807, 2.05) is 0 Å². The summed E-state index contributed by atoms with van der Waals surface area (Å²) in [4.78, 5) is 24.9. The van der Waals surface area contributed by atoms with Gasteiger partial charge in [-0.25, -0.2) is 4.39 Å². The molecule has 0 spiro atoms. The number of ether oxygens (including phenoxy) is 1. The average Bonchev–Trinajstić information content (AvgIpc) is 2.49. The number of methoxy groups -OCH3 is 1. The average molecular weight is 310 g/mol. The molecule has 0 saturated heterocycles. The van der Waals surface area contributed by atoms with Gasteiger partial charge in [-0.05, 0) is 30.5 Å². The zero-order valence-electron chi connectivity index (χ0n) is 13.1. The van der Waals surface area contributed by atoms with Crippen molar-refractivity contribution in [3.63, 3.8) is 0 Å². The molecule has 0 saturated carbocycles. The van der Waals surface area contributed by atoms with E-state index in [1.165, 1.54) is 24.0 Å². The van der Waals surface area contributed by atoms with E-state index in [1.54, 1.807) is 19.2 Å². The maximum absolute atomic E-state index is 12.8. The molecule has 1 aromatic rings. The summed E-state index contributed by atoms with van der Waals surface area (Å²) < 4.78 is 17.7. The monoisotopic (exact) mass is 310 g/mol. The van der Waals surface area contributed by atoms with Crippen molar-refractivity contribution in [1.82, 2.24) is 10.2 Å². The van der Waals surface area contributed by atoms with Gasteiger partial charge in [-0.15, -0.1) is 0 Å². The summed E-state index contributed by atoms with van der Waals surface area (Å²) in [6.07, 6.45) is 1.31. The Labute approximate surface area is 130 Å². The molecule has 5 nitrogen and oxygen atoms in total. The van der Waals surface area contributed by atoms with E-state index in [9.17, 15) is 14.0 Å². The van der Waals surface area contributed by atoms with E-state index < -0.39 is 0 Å². The van der Waals surface area contributed by atoms with Crippen molar-refractivity contribution >= 4 is 11.8 Å². The summed E-state index contributed by atoms with van der Waals surface area (Å²) in [6.45, 7) is 3.00. The molecule has 6 heteroatoms. The first-order chi connectivity index (χ1) is 10.5. The summed E-state index contributed by atoms with van der Waals surface area (Å²) >= 11 is 0. The zero-order chi connectivity index (χ0) is 16.4. The van der Waals surface area contributed by atoms with E-state index in [2.05, 4.69) is 5.32 Å². The van der Waals surface area contributed by atoms with Crippen molar-refractivity contribution in [2.45, 2.75) is 19.8 Å². The van der Waals surface area contributed by atoms with Crippen LogP contribution in [0.5, 0.6) is 0 Å². The number of nitrogens with zero attached hydrogens (tertiary/aromatic N) is 1. The van der Waals surface area contributed by atoms with E-state index >= 15 is 0 Å². The highest BCUT2D eigenvalue weighted by molar-refractivity contribution is 5.83. The third-order valence-corrected chi connectivity index (χ3v) is 3.21. The van der Waals surface area contributed by atoms with Crippen LogP contribution < -0.4 is 5.32 Å². The molecular formula is C16H23FN2O3. The summed E-state index contributed by atoms with van der Waals surface area (Å²) in [7, 11) is 1.61. The van der Waals surface area contributed by atoms with E-state index in [-0.39, 0.29) is 24.2 Å². The van der Waals surface area contributed by atoms with Gasteiger partial charge >= 0.3 is 0 Å². The van der Waals surface area contributed by atoms with Gasteiger partial charge in [0.2, 0.25) is 11.8 Å². The number of benzene rings is 1. The van der Waals surface area contributed by atoms with E-state index in [0.29, 0.717) is 26.1 Å². The Bertz CT molecular complexity index is 477. The summed E-state index contributed by atoms with van der Waals surface area (Å²) in [6, 6.07) is 6.13. The minimum atomic E-state index is -0.289. The van der Waals surface area contributed by atoms with Crippen molar-refractivity contribution in [2.75, 3.05) is 33.4 Å². The van der Waals surface area contributed by atoms with Gasteiger partial charge in [0.25, 0.3) is 0 Å². The number of amides is 2. The van der Waals surface area contributed by atoms with Gasteiger partial charge in [-0.1, -0.05) is 12.1 Å². The standard InChI is InChI=1S/C16H23FN2O3/c1-13(20)19(12-16(21)18-9-3-11-22-2)10-8-14-4-6-15(17)7-5-14/h4-7H,3,8-12H2,1-2H3,(H,18,21). The molecule has 0 aliphatic carbocycles. The first-order valence-corrected chi connectivity index (χ1v) is 7.28. The van der Waals surface area contributed by atoms with Gasteiger partial charge in [-0.2, -0.15) is 0 Å². The Hall–Kier alpha value is -1.95. The molecule has 0 unspecified atom stereocenters. The third-order valence-electron chi connectivity index (χ3n) is 3.21. The van der Waals surface area contributed by atoms with Crippen LogP contribution in [-0.2, 0) is 20.7 Å². The number of halogens is 1. The van der Waals surface area contributed by atoms with Gasteiger partial charge in [0.05, 0.1) is 6.54 Å². The lowest BCUT2D eigenvalue weighted by Gasteiger charge is -2.20. The van der Waals surface area contributed by atoms with Crippen LogP contribution in [0.3, 0.4) is 0 Å². The van der Waals surface area contributed by atoms with Crippen molar-refractivity contribution in [1.29, 1.82) is 0 Å². The molecule has 1 rings (SSSR count). The molecular weight excluding hydrogens is 287 g/mol. The molecule has 2 amide bonds. The Kier molecular flexibility index (Phi) is 8.14. The van der Waals surface area contributed by atoms with Crippen LogP contribution in [0.1, 0.15) is 18.9 Å². The number of carbonyl (C=O) groups excluding carboxylic acids is 2. The largest absolute Gasteiger partial charge is 0.385 e. The number of hydrogen-bond acceptors (Lipinski definition) is 3. The fourth-order valence-corrected chi connectivity index (χ4v) is 1.94. The fraction of sp³-hybridized carbons (Fsp3) is 0.500.